The molecule has 0 amide bonds. The van der Waals surface area contributed by atoms with Crippen LogP contribution in [0.1, 0.15) is 31.9 Å². The molecule has 0 aromatic heterocycles. The molecule has 1 aliphatic heterocycles. The van der Waals surface area contributed by atoms with Crippen LogP contribution in [0.2, 0.25) is 5.02 Å². The second-order valence-corrected chi connectivity index (χ2v) is 5.28. The lowest BCUT2D eigenvalue weighted by Gasteiger charge is -2.46. The number of aliphatic hydroxyl groups is 1. The van der Waals surface area contributed by atoms with Gasteiger partial charge in [0.25, 0.3) is 0 Å². The fraction of sp³-hybridized carbons (Fsp3) is 0.500. The van der Waals surface area contributed by atoms with E-state index in [-0.39, 0.29) is 11.6 Å². The molecule has 1 saturated heterocycles. The number of aliphatic hydroxyl groups excluding tert-OH is 1. The van der Waals surface area contributed by atoms with Crippen molar-refractivity contribution in [2.24, 2.45) is 0 Å². The second-order valence-electron chi connectivity index (χ2n) is 4.84. The molecule has 0 aliphatic carbocycles. The van der Waals surface area contributed by atoms with Crippen molar-refractivity contribution in [3.63, 3.8) is 0 Å². The Hall–Kier alpha value is -0.570. The first kappa shape index (κ1) is 10.9. The molecule has 1 aliphatic rings. The van der Waals surface area contributed by atoms with Crippen molar-refractivity contribution in [2.45, 2.75) is 38.0 Å². The molecule has 3 heteroatoms. The number of hydrogen-bond acceptors (Lipinski definition) is 2. The highest BCUT2D eigenvalue weighted by molar-refractivity contribution is 6.30. The van der Waals surface area contributed by atoms with Crippen molar-refractivity contribution in [1.29, 1.82) is 0 Å². The molecule has 2 N–H and O–H groups in total. The molecule has 82 valence electrons. The van der Waals surface area contributed by atoms with Crippen molar-refractivity contribution < 1.29 is 5.11 Å². The second kappa shape index (κ2) is 3.78. The molecule has 0 spiro atoms. The molecule has 15 heavy (non-hydrogen) atoms. The number of rotatable bonds is 2. The Bertz CT molecular complexity index is 356. The molecular formula is C12H16ClNO. The molecule has 1 aromatic carbocycles. The van der Waals surface area contributed by atoms with Crippen molar-refractivity contribution in [1.82, 2.24) is 5.32 Å². The number of hydrogen-bond donors (Lipinski definition) is 2. The van der Waals surface area contributed by atoms with Crippen molar-refractivity contribution in [2.75, 3.05) is 0 Å². The average molecular weight is 226 g/mol. The van der Waals surface area contributed by atoms with Gasteiger partial charge in [-0.05, 0) is 38.0 Å². The van der Waals surface area contributed by atoms with Gasteiger partial charge in [0, 0.05) is 16.6 Å². The minimum atomic E-state index is -0.461. The highest BCUT2D eigenvalue weighted by Gasteiger charge is 2.39. The molecule has 0 bridgehead atoms. The number of nitrogens with one attached hydrogen (secondary N) is 1. The van der Waals surface area contributed by atoms with Crippen LogP contribution in [0.4, 0.5) is 0 Å². The third-order valence-electron chi connectivity index (χ3n) is 2.88. The third kappa shape index (κ3) is 2.33. The topological polar surface area (TPSA) is 32.3 Å². The maximum atomic E-state index is 10.1. The van der Waals surface area contributed by atoms with Crippen LogP contribution in [-0.2, 0) is 0 Å². The summed E-state index contributed by atoms with van der Waals surface area (Å²) in [6.45, 7) is 4.27. The molecule has 1 unspecified atom stereocenters. The van der Waals surface area contributed by atoms with Crippen LogP contribution >= 0.6 is 11.6 Å². The van der Waals surface area contributed by atoms with E-state index in [4.69, 9.17) is 11.6 Å². The van der Waals surface area contributed by atoms with Gasteiger partial charge in [-0.25, -0.2) is 0 Å². The Kier molecular flexibility index (Phi) is 2.75. The van der Waals surface area contributed by atoms with E-state index in [1.165, 1.54) is 0 Å². The van der Waals surface area contributed by atoms with Crippen LogP contribution in [-0.4, -0.2) is 16.7 Å². The summed E-state index contributed by atoms with van der Waals surface area (Å²) in [6, 6.07) is 7.56. The predicted octanol–water partition coefficient (Wildman–Crippen LogP) is 2.51. The summed E-state index contributed by atoms with van der Waals surface area (Å²) in [5.41, 5.74) is 1.04. The van der Waals surface area contributed by atoms with Crippen LogP contribution in [0.25, 0.3) is 0 Å². The minimum Gasteiger partial charge on any atom is -0.387 e. The molecule has 2 nitrogen and oxygen atoms in total. The summed E-state index contributed by atoms with van der Waals surface area (Å²) in [5.74, 6) is 0. The number of benzene rings is 1. The first-order chi connectivity index (χ1) is 6.98. The predicted molar refractivity (Wildman–Crippen MR) is 62.0 cm³/mol. The van der Waals surface area contributed by atoms with Gasteiger partial charge in [-0.1, -0.05) is 23.7 Å². The molecule has 1 aromatic rings. The van der Waals surface area contributed by atoms with E-state index in [0.717, 1.165) is 12.0 Å². The molecule has 0 saturated carbocycles. The molecule has 1 heterocycles. The Morgan fingerprint density at radius 1 is 1.53 bits per heavy atom. The highest BCUT2D eigenvalue weighted by atomic mass is 35.5. The van der Waals surface area contributed by atoms with Crippen LogP contribution in [0.5, 0.6) is 0 Å². The minimum absolute atomic E-state index is 0.151. The van der Waals surface area contributed by atoms with E-state index < -0.39 is 6.10 Å². The Morgan fingerprint density at radius 2 is 2.20 bits per heavy atom. The summed E-state index contributed by atoms with van der Waals surface area (Å²) in [5, 5.41) is 14.1. The maximum absolute atomic E-state index is 10.1. The SMILES string of the molecule is CC1(C)CC([C@@H](O)c2cccc(Cl)c2)N1. The van der Waals surface area contributed by atoms with E-state index >= 15 is 0 Å². The Labute approximate surface area is 95.3 Å². The zero-order valence-corrected chi connectivity index (χ0v) is 9.75. The monoisotopic (exact) mass is 225 g/mol. The molecule has 2 rings (SSSR count). The van der Waals surface area contributed by atoms with E-state index in [2.05, 4.69) is 19.2 Å². The van der Waals surface area contributed by atoms with E-state index in [9.17, 15) is 5.11 Å². The fourth-order valence-electron chi connectivity index (χ4n) is 2.14. The Balaban J connectivity index is 2.06. The van der Waals surface area contributed by atoms with Gasteiger partial charge in [0.05, 0.1) is 6.10 Å². The molecule has 1 fully saturated rings. The summed E-state index contributed by atoms with van der Waals surface area (Å²) in [7, 11) is 0. The first-order valence-electron chi connectivity index (χ1n) is 5.19. The van der Waals surface area contributed by atoms with Gasteiger partial charge in [0.1, 0.15) is 0 Å². The average Bonchev–Trinajstić information content (AvgIpc) is 2.13. The van der Waals surface area contributed by atoms with E-state index in [1.807, 2.05) is 24.3 Å². The lowest BCUT2D eigenvalue weighted by Crippen LogP contribution is -2.61. The third-order valence-corrected chi connectivity index (χ3v) is 3.11. The lowest BCUT2D eigenvalue weighted by atomic mass is 9.81. The van der Waals surface area contributed by atoms with Crippen LogP contribution in [0, 0.1) is 0 Å². The standard InChI is InChI=1S/C12H16ClNO/c1-12(2)7-10(14-12)11(15)8-4-3-5-9(13)6-8/h3-6,10-11,14-15H,7H2,1-2H3/t10?,11-/m0/s1. The van der Waals surface area contributed by atoms with Gasteiger partial charge in [0.2, 0.25) is 0 Å². The Morgan fingerprint density at radius 3 is 2.73 bits per heavy atom. The largest absolute Gasteiger partial charge is 0.387 e. The fourth-order valence-corrected chi connectivity index (χ4v) is 2.34. The van der Waals surface area contributed by atoms with Crippen molar-refractivity contribution in [3.8, 4) is 0 Å². The molecule has 2 atom stereocenters. The molecular weight excluding hydrogens is 210 g/mol. The van der Waals surface area contributed by atoms with E-state index in [1.54, 1.807) is 0 Å². The lowest BCUT2D eigenvalue weighted by molar-refractivity contribution is 0.0390. The van der Waals surface area contributed by atoms with Gasteiger partial charge in [-0.15, -0.1) is 0 Å². The van der Waals surface area contributed by atoms with E-state index in [0.29, 0.717) is 5.02 Å². The molecule has 0 radical (unpaired) electrons. The van der Waals surface area contributed by atoms with Gasteiger partial charge in [-0.3, -0.25) is 0 Å². The summed E-state index contributed by atoms with van der Waals surface area (Å²) >= 11 is 5.88. The quantitative estimate of drug-likeness (QED) is 0.811. The van der Waals surface area contributed by atoms with Crippen molar-refractivity contribution in [3.05, 3.63) is 34.9 Å². The summed E-state index contributed by atoms with van der Waals surface area (Å²) < 4.78 is 0. The van der Waals surface area contributed by atoms with Gasteiger partial charge >= 0.3 is 0 Å². The van der Waals surface area contributed by atoms with Crippen molar-refractivity contribution >= 4 is 11.6 Å². The number of halogens is 1. The highest BCUT2D eigenvalue weighted by Crippen LogP contribution is 2.32. The van der Waals surface area contributed by atoms with Crippen LogP contribution < -0.4 is 5.32 Å². The van der Waals surface area contributed by atoms with Gasteiger partial charge < -0.3 is 10.4 Å². The first-order valence-corrected chi connectivity index (χ1v) is 5.57. The summed E-state index contributed by atoms with van der Waals surface area (Å²) in [4.78, 5) is 0. The zero-order chi connectivity index (χ0) is 11.1. The van der Waals surface area contributed by atoms with Crippen LogP contribution in [0.3, 0.4) is 0 Å². The van der Waals surface area contributed by atoms with Crippen LogP contribution in [0.15, 0.2) is 24.3 Å². The van der Waals surface area contributed by atoms with Gasteiger partial charge in [-0.2, -0.15) is 0 Å². The maximum Gasteiger partial charge on any atom is 0.0944 e. The smallest absolute Gasteiger partial charge is 0.0944 e. The zero-order valence-electron chi connectivity index (χ0n) is 9.00. The summed E-state index contributed by atoms with van der Waals surface area (Å²) in [6.07, 6.45) is 0.525. The normalized spacial score (nSPS) is 25.7. The van der Waals surface area contributed by atoms with Gasteiger partial charge in [0.15, 0.2) is 0 Å².